The zero-order valence-corrected chi connectivity index (χ0v) is 3.56. The van der Waals surface area contributed by atoms with Crippen molar-refractivity contribution in [2.75, 3.05) is 20.8 Å². The van der Waals surface area contributed by atoms with E-state index in [1.165, 1.54) is 0 Å². The molecule has 0 aliphatic carbocycles. The Hall–Kier alpha value is -0.0800. The largest absolute Gasteiger partial charge is 0.264 e. The van der Waals surface area contributed by atoms with Gasteiger partial charge in [0.05, 0.1) is 0 Å². The molecule has 0 saturated carbocycles. The van der Waals surface area contributed by atoms with Gasteiger partial charge < -0.3 is 0 Å². The van der Waals surface area contributed by atoms with Gasteiger partial charge in [-0.05, 0) is 0 Å². The van der Waals surface area contributed by atoms with Crippen molar-refractivity contribution in [1.29, 1.82) is 0 Å². The predicted octanol–water partition coefficient (Wildman–Crippen LogP) is -0.0345. The third-order valence-corrected chi connectivity index (χ3v) is 0.645. The number of nitrogens with zero attached hydrogens (tertiary/aromatic N) is 1. The van der Waals surface area contributed by atoms with Gasteiger partial charge in [0, 0.05) is 0 Å². The van der Waals surface area contributed by atoms with Crippen molar-refractivity contribution < 1.29 is 9.48 Å². The van der Waals surface area contributed by atoms with E-state index in [0.29, 0.717) is 0 Å². The average molecular weight is 74.1 g/mol. The van der Waals surface area contributed by atoms with Crippen LogP contribution >= 0.6 is 0 Å². The minimum atomic E-state index is 0.750. The third-order valence-electron chi connectivity index (χ3n) is 0.645. The summed E-state index contributed by atoms with van der Waals surface area (Å²) in [5, 5.41) is 0. The van der Waals surface area contributed by atoms with E-state index >= 15 is 0 Å². The molecule has 1 rings (SSSR count). The van der Waals surface area contributed by atoms with Crippen LogP contribution in [0.1, 0.15) is 0 Å². The molecule has 0 atom stereocenters. The molecular formula is C3H8NO+. The van der Waals surface area contributed by atoms with Gasteiger partial charge in [-0.15, -0.1) is 4.84 Å². The fourth-order valence-corrected chi connectivity index (χ4v) is 0.115. The Balaban J connectivity index is 2.38. The monoisotopic (exact) mass is 74.1 g/mol. The molecule has 1 aliphatic heterocycles. The van der Waals surface area contributed by atoms with Crippen LogP contribution in [0, 0.1) is 0 Å². The van der Waals surface area contributed by atoms with Crippen molar-refractivity contribution in [1.82, 2.24) is 0 Å². The van der Waals surface area contributed by atoms with Gasteiger partial charge in [-0.1, -0.05) is 0 Å². The Bertz CT molecular complexity index is 44.9. The Morgan fingerprint density at radius 1 is 1.60 bits per heavy atom. The molecule has 0 bridgehead atoms. The van der Waals surface area contributed by atoms with Crippen LogP contribution in [0.3, 0.4) is 0 Å². The number of hydrogen-bond donors (Lipinski definition) is 0. The quantitative estimate of drug-likeness (QED) is 0.290. The van der Waals surface area contributed by atoms with Crippen LogP contribution in [-0.4, -0.2) is 25.5 Å². The number of hydroxylamine groups is 3. The first-order valence-corrected chi connectivity index (χ1v) is 1.68. The summed E-state index contributed by atoms with van der Waals surface area (Å²) >= 11 is 0. The van der Waals surface area contributed by atoms with Crippen LogP contribution in [0.2, 0.25) is 0 Å². The normalized spacial score (nSPS) is 30.0. The molecule has 1 aliphatic rings. The molecule has 30 valence electrons. The fraction of sp³-hybridized carbons (Fsp3) is 1.00. The van der Waals surface area contributed by atoms with E-state index in [1.54, 1.807) is 0 Å². The Morgan fingerprint density at radius 3 is 1.80 bits per heavy atom. The zero-order chi connectivity index (χ0) is 3.91. The molecule has 1 fully saturated rings. The minimum absolute atomic E-state index is 0.750. The van der Waals surface area contributed by atoms with Gasteiger partial charge in [0.15, 0.2) is 0 Å². The molecule has 0 aromatic carbocycles. The van der Waals surface area contributed by atoms with Gasteiger partial charge >= 0.3 is 0 Å². The van der Waals surface area contributed by atoms with Crippen molar-refractivity contribution in [3.63, 3.8) is 0 Å². The highest BCUT2D eigenvalue weighted by molar-refractivity contribution is 4.04. The second kappa shape index (κ2) is 0.533. The van der Waals surface area contributed by atoms with Gasteiger partial charge in [0.25, 0.3) is 6.73 Å². The van der Waals surface area contributed by atoms with Crippen LogP contribution in [0.4, 0.5) is 0 Å². The molecule has 0 unspecified atom stereocenters. The maximum atomic E-state index is 4.83. The van der Waals surface area contributed by atoms with Crippen LogP contribution < -0.4 is 0 Å². The third kappa shape index (κ3) is 0.597. The first kappa shape index (κ1) is 3.12. The van der Waals surface area contributed by atoms with Crippen LogP contribution in [0.25, 0.3) is 0 Å². The first-order chi connectivity index (χ1) is 2.21. The van der Waals surface area contributed by atoms with E-state index < -0.39 is 0 Å². The summed E-state index contributed by atoms with van der Waals surface area (Å²) in [6.45, 7) is 0.889. The van der Waals surface area contributed by atoms with E-state index in [9.17, 15) is 0 Å². The fourth-order valence-electron chi connectivity index (χ4n) is 0.115. The highest BCUT2D eigenvalue weighted by Gasteiger charge is 2.34. The van der Waals surface area contributed by atoms with Gasteiger partial charge in [-0.2, -0.15) is 4.65 Å². The summed E-state index contributed by atoms with van der Waals surface area (Å²) in [4.78, 5) is 4.83. The molecule has 0 amide bonds. The van der Waals surface area contributed by atoms with E-state index in [2.05, 4.69) is 0 Å². The second-order valence-corrected chi connectivity index (χ2v) is 1.83. The summed E-state index contributed by atoms with van der Waals surface area (Å²) in [6, 6.07) is 0. The molecule has 1 heterocycles. The van der Waals surface area contributed by atoms with Crippen LogP contribution in [0.5, 0.6) is 0 Å². The van der Waals surface area contributed by atoms with Gasteiger partial charge in [-0.25, -0.2) is 0 Å². The molecule has 0 spiro atoms. The summed E-state index contributed by atoms with van der Waals surface area (Å²) in [6.07, 6.45) is 0. The van der Waals surface area contributed by atoms with E-state index in [-0.39, 0.29) is 0 Å². The Kier molecular flexibility index (Phi) is 0.333. The van der Waals surface area contributed by atoms with E-state index in [0.717, 1.165) is 11.4 Å². The van der Waals surface area contributed by atoms with Crippen molar-refractivity contribution in [3.8, 4) is 0 Å². The maximum Gasteiger partial charge on any atom is 0.264 e. The van der Waals surface area contributed by atoms with Crippen molar-refractivity contribution in [2.24, 2.45) is 0 Å². The lowest BCUT2D eigenvalue weighted by atomic mass is 11.0. The smallest absolute Gasteiger partial charge is 0.151 e. The maximum absolute atomic E-state index is 4.83. The SMILES string of the molecule is C[N+]1(C)CO1. The predicted molar refractivity (Wildman–Crippen MR) is 18.1 cm³/mol. The molecule has 0 aromatic heterocycles. The molecule has 2 heteroatoms. The first-order valence-electron chi connectivity index (χ1n) is 1.68. The molecule has 1 saturated heterocycles. The molecule has 2 nitrogen and oxygen atoms in total. The van der Waals surface area contributed by atoms with Crippen molar-refractivity contribution in [3.05, 3.63) is 0 Å². The molecule has 0 radical (unpaired) electrons. The number of rotatable bonds is 0. The van der Waals surface area contributed by atoms with Gasteiger partial charge in [0.2, 0.25) is 0 Å². The average Bonchev–Trinajstić information content (AvgIpc) is 1.76. The molecule has 0 aromatic rings. The van der Waals surface area contributed by atoms with Crippen LogP contribution in [-0.2, 0) is 4.84 Å². The summed E-state index contributed by atoms with van der Waals surface area (Å²) < 4.78 is 0.750. The Morgan fingerprint density at radius 2 is 1.80 bits per heavy atom. The lowest BCUT2D eigenvalue weighted by Gasteiger charge is -1.86. The second-order valence-electron chi connectivity index (χ2n) is 1.83. The molecule has 5 heavy (non-hydrogen) atoms. The minimum Gasteiger partial charge on any atom is -0.151 e. The van der Waals surface area contributed by atoms with Gasteiger partial charge in [-0.3, -0.25) is 0 Å². The van der Waals surface area contributed by atoms with Crippen LogP contribution in [0.15, 0.2) is 0 Å². The summed E-state index contributed by atoms with van der Waals surface area (Å²) in [7, 11) is 4.03. The Labute approximate surface area is 31.5 Å². The lowest BCUT2D eigenvalue weighted by molar-refractivity contribution is -0.877. The summed E-state index contributed by atoms with van der Waals surface area (Å²) in [5.74, 6) is 0. The lowest BCUT2D eigenvalue weighted by Crippen LogP contribution is -2.08. The molecule has 0 N–H and O–H groups in total. The highest BCUT2D eigenvalue weighted by atomic mass is 16.9. The zero-order valence-electron chi connectivity index (χ0n) is 3.56. The van der Waals surface area contributed by atoms with E-state index in [1.807, 2.05) is 14.1 Å². The number of hydrogen-bond acceptors (Lipinski definition) is 1. The topological polar surface area (TPSA) is 12.5 Å². The standard InChI is InChI=1S/C3H8NO/c1-4(2)3-5-4/h3H2,1-2H3/q+1. The van der Waals surface area contributed by atoms with E-state index in [4.69, 9.17) is 4.84 Å². The molecular weight excluding hydrogens is 66.0 g/mol. The van der Waals surface area contributed by atoms with Crippen molar-refractivity contribution >= 4 is 0 Å². The number of quaternary nitrogens is 1. The summed E-state index contributed by atoms with van der Waals surface area (Å²) in [5.41, 5.74) is 0. The van der Waals surface area contributed by atoms with Crippen molar-refractivity contribution in [2.45, 2.75) is 0 Å². The van der Waals surface area contributed by atoms with Gasteiger partial charge in [0.1, 0.15) is 14.1 Å². The highest BCUT2D eigenvalue weighted by Crippen LogP contribution is 2.12.